The molecular weight excluding hydrogens is 316 g/mol. The fourth-order valence-electron chi connectivity index (χ4n) is 3.33. The summed E-state index contributed by atoms with van der Waals surface area (Å²) in [6.45, 7) is 4.11. The number of carbonyl (C=O) groups excluding carboxylic acids is 2. The van der Waals surface area contributed by atoms with Crippen molar-refractivity contribution in [2.75, 3.05) is 6.61 Å². The van der Waals surface area contributed by atoms with Gasteiger partial charge in [-0.15, -0.1) is 0 Å². The number of benzene rings is 1. The van der Waals surface area contributed by atoms with Crippen molar-refractivity contribution in [3.05, 3.63) is 65.6 Å². The quantitative estimate of drug-likeness (QED) is 0.607. The molecule has 0 saturated heterocycles. The number of ether oxygens (including phenoxy) is 1. The van der Waals surface area contributed by atoms with Crippen LogP contribution in [-0.2, 0) is 20.7 Å². The van der Waals surface area contributed by atoms with Gasteiger partial charge < -0.3 is 9.15 Å². The molecule has 4 heteroatoms. The molecule has 0 fully saturated rings. The number of aryl methyl sites for hydroxylation is 1. The molecule has 2 aromatic rings. The largest absolute Gasteiger partial charge is 0.465 e. The summed E-state index contributed by atoms with van der Waals surface area (Å²) in [6.07, 6.45) is 4.62. The Balaban J connectivity index is 1.98. The van der Waals surface area contributed by atoms with Gasteiger partial charge in [-0.05, 0) is 54.7 Å². The SMILES string of the molecule is CCOC(=O)[C@H]1C(=O)C=C(c2ccco2)C[C@@H]1c1ccc(CC)cc1. The molecular formula is C21H22O4. The smallest absolute Gasteiger partial charge is 0.317 e. The van der Waals surface area contributed by atoms with Crippen LogP contribution in [0.3, 0.4) is 0 Å². The van der Waals surface area contributed by atoms with E-state index in [9.17, 15) is 9.59 Å². The molecule has 1 aliphatic rings. The molecule has 1 aromatic carbocycles. The van der Waals surface area contributed by atoms with Gasteiger partial charge in [0.15, 0.2) is 5.78 Å². The van der Waals surface area contributed by atoms with E-state index in [1.807, 2.05) is 30.3 Å². The molecule has 130 valence electrons. The van der Waals surface area contributed by atoms with E-state index in [1.54, 1.807) is 19.3 Å². The maximum Gasteiger partial charge on any atom is 0.317 e. The molecule has 0 N–H and O–H groups in total. The Kier molecular flexibility index (Phi) is 5.17. The fraction of sp³-hybridized carbons (Fsp3) is 0.333. The lowest BCUT2D eigenvalue weighted by atomic mass is 9.74. The van der Waals surface area contributed by atoms with E-state index < -0.39 is 11.9 Å². The second kappa shape index (κ2) is 7.51. The normalized spacial score (nSPS) is 20.2. The summed E-state index contributed by atoms with van der Waals surface area (Å²) in [5, 5.41) is 0. The van der Waals surface area contributed by atoms with Gasteiger partial charge in [0.25, 0.3) is 0 Å². The lowest BCUT2D eigenvalue weighted by Crippen LogP contribution is -2.34. The monoisotopic (exact) mass is 338 g/mol. The summed E-state index contributed by atoms with van der Waals surface area (Å²) in [4.78, 5) is 25.1. The summed E-state index contributed by atoms with van der Waals surface area (Å²) in [5.41, 5.74) is 3.02. The van der Waals surface area contributed by atoms with E-state index in [2.05, 4.69) is 6.92 Å². The number of allylic oxidation sites excluding steroid dienone is 2. The van der Waals surface area contributed by atoms with Crippen LogP contribution in [0.15, 0.2) is 53.2 Å². The van der Waals surface area contributed by atoms with E-state index in [0.717, 1.165) is 17.6 Å². The van der Waals surface area contributed by atoms with E-state index in [4.69, 9.17) is 9.15 Å². The van der Waals surface area contributed by atoms with E-state index >= 15 is 0 Å². The molecule has 0 aliphatic heterocycles. The molecule has 2 atom stereocenters. The molecule has 1 aromatic heterocycles. The molecule has 4 nitrogen and oxygen atoms in total. The van der Waals surface area contributed by atoms with Crippen LogP contribution in [0, 0.1) is 5.92 Å². The minimum atomic E-state index is -0.800. The number of furan rings is 1. The molecule has 0 radical (unpaired) electrons. The topological polar surface area (TPSA) is 56.5 Å². The van der Waals surface area contributed by atoms with Gasteiger partial charge in [0.05, 0.1) is 12.9 Å². The van der Waals surface area contributed by atoms with Crippen LogP contribution in [0.5, 0.6) is 0 Å². The Hall–Kier alpha value is -2.62. The number of hydrogen-bond acceptors (Lipinski definition) is 4. The molecule has 0 unspecified atom stereocenters. The molecule has 0 bridgehead atoms. The molecule has 1 heterocycles. The Labute approximate surface area is 147 Å². The van der Waals surface area contributed by atoms with Crippen LogP contribution in [0.25, 0.3) is 5.57 Å². The number of carbonyl (C=O) groups is 2. The predicted molar refractivity (Wildman–Crippen MR) is 95.0 cm³/mol. The first-order valence-corrected chi connectivity index (χ1v) is 8.67. The highest BCUT2D eigenvalue weighted by atomic mass is 16.5. The summed E-state index contributed by atoms with van der Waals surface area (Å²) < 4.78 is 10.6. The van der Waals surface area contributed by atoms with Gasteiger partial charge in [-0.1, -0.05) is 31.2 Å². The highest BCUT2D eigenvalue weighted by molar-refractivity contribution is 6.10. The number of rotatable bonds is 5. The zero-order valence-corrected chi connectivity index (χ0v) is 14.5. The molecule has 0 spiro atoms. The molecule has 25 heavy (non-hydrogen) atoms. The summed E-state index contributed by atoms with van der Waals surface area (Å²) in [6, 6.07) is 11.7. The number of esters is 1. The van der Waals surface area contributed by atoms with Crippen molar-refractivity contribution in [3.8, 4) is 0 Å². The Bertz CT molecular complexity index is 769. The van der Waals surface area contributed by atoms with Crippen LogP contribution < -0.4 is 0 Å². The zero-order valence-electron chi connectivity index (χ0n) is 14.5. The molecule has 0 saturated carbocycles. The van der Waals surface area contributed by atoms with Gasteiger partial charge in [-0.2, -0.15) is 0 Å². The number of hydrogen-bond donors (Lipinski definition) is 0. The second-order valence-corrected chi connectivity index (χ2v) is 6.18. The van der Waals surface area contributed by atoms with E-state index in [1.165, 1.54) is 11.6 Å². The van der Waals surface area contributed by atoms with Crippen LogP contribution >= 0.6 is 0 Å². The van der Waals surface area contributed by atoms with Crippen molar-refractivity contribution in [2.24, 2.45) is 5.92 Å². The zero-order chi connectivity index (χ0) is 17.8. The molecule has 3 rings (SSSR count). The van der Waals surface area contributed by atoms with Gasteiger partial charge in [-0.25, -0.2) is 0 Å². The molecule has 1 aliphatic carbocycles. The second-order valence-electron chi connectivity index (χ2n) is 6.18. The minimum absolute atomic E-state index is 0.222. The van der Waals surface area contributed by atoms with Gasteiger partial charge in [0.1, 0.15) is 11.7 Å². The maximum absolute atomic E-state index is 12.7. The predicted octanol–water partition coefficient (Wildman–Crippen LogP) is 4.16. The standard InChI is InChI=1S/C21H22O4/c1-3-14-7-9-15(10-8-14)17-12-16(19-6-5-11-25-19)13-18(22)20(17)21(23)24-4-2/h5-11,13,17,20H,3-4,12H2,1-2H3/t17-,20-/m1/s1. The summed E-state index contributed by atoms with van der Waals surface area (Å²) in [5.74, 6) is -1.05. The van der Waals surface area contributed by atoms with Gasteiger partial charge >= 0.3 is 5.97 Å². The van der Waals surface area contributed by atoms with E-state index in [0.29, 0.717) is 12.2 Å². The highest BCUT2D eigenvalue weighted by Crippen LogP contribution is 2.40. The third-order valence-electron chi connectivity index (χ3n) is 4.66. The van der Waals surface area contributed by atoms with Crippen molar-refractivity contribution in [1.29, 1.82) is 0 Å². The van der Waals surface area contributed by atoms with Gasteiger partial charge in [-0.3, -0.25) is 9.59 Å². The van der Waals surface area contributed by atoms with Crippen molar-refractivity contribution < 1.29 is 18.7 Å². The minimum Gasteiger partial charge on any atom is -0.465 e. The first-order chi connectivity index (χ1) is 12.1. The van der Waals surface area contributed by atoms with Crippen LogP contribution in [0.2, 0.25) is 0 Å². The van der Waals surface area contributed by atoms with Gasteiger partial charge in [0, 0.05) is 5.92 Å². The first-order valence-electron chi connectivity index (χ1n) is 8.67. The van der Waals surface area contributed by atoms with Crippen molar-refractivity contribution in [3.63, 3.8) is 0 Å². The first kappa shape index (κ1) is 17.2. The molecule has 0 amide bonds. The van der Waals surface area contributed by atoms with Crippen molar-refractivity contribution in [2.45, 2.75) is 32.6 Å². The summed E-state index contributed by atoms with van der Waals surface area (Å²) in [7, 11) is 0. The third kappa shape index (κ3) is 3.58. The Morgan fingerprint density at radius 1 is 1.20 bits per heavy atom. The van der Waals surface area contributed by atoms with Crippen LogP contribution in [-0.4, -0.2) is 18.4 Å². The maximum atomic E-state index is 12.7. The Morgan fingerprint density at radius 3 is 2.56 bits per heavy atom. The van der Waals surface area contributed by atoms with Crippen LogP contribution in [0.4, 0.5) is 0 Å². The lowest BCUT2D eigenvalue weighted by molar-refractivity contribution is -0.151. The summed E-state index contributed by atoms with van der Waals surface area (Å²) >= 11 is 0. The average molecular weight is 338 g/mol. The average Bonchev–Trinajstić information content (AvgIpc) is 3.16. The fourth-order valence-corrected chi connectivity index (χ4v) is 3.33. The van der Waals surface area contributed by atoms with Crippen molar-refractivity contribution >= 4 is 17.3 Å². The van der Waals surface area contributed by atoms with Crippen molar-refractivity contribution in [1.82, 2.24) is 0 Å². The van der Waals surface area contributed by atoms with E-state index in [-0.39, 0.29) is 18.3 Å². The van der Waals surface area contributed by atoms with Crippen LogP contribution in [0.1, 0.15) is 43.1 Å². The highest BCUT2D eigenvalue weighted by Gasteiger charge is 2.40. The lowest BCUT2D eigenvalue weighted by Gasteiger charge is -2.28. The van der Waals surface area contributed by atoms with Gasteiger partial charge in [0.2, 0.25) is 0 Å². The Morgan fingerprint density at radius 2 is 1.96 bits per heavy atom. The number of ketones is 1. The third-order valence-corrected chi connectivity index (χ3v) is 4.66.